The third kappa shape index (κ3) is 3.38. The standard InChI is InChI=1S/C24H23N3O5S/c28-24(21-13-20(25-26-21)15-6-9-22-23(10-15)32-14-31-22)27-16-7-8-17(27)12-19(11-16)33(29,30)18-4-2-1-3-5-18/h1-6,9-10,13,16-17,19H,7-8,11-12,14H2,(H,25,26). The van der Waals surface area contributed by atoms with Crippen LogP contribution in [0.15, 0.2) is 59.5 Å². The fourth-order valence-corrected chi connectivity index (χ4v) is 7.16. The summed E-state index contributed by atoms with van der Waals surface area (Å²) in [4.78, 5) is 15.6. The molecule has 2 atom stereocenters. The molecule has 3 aromatic rings. The molecule has 4 heterocycles. The number of hydrogen-bond donors (Lipinski definition) is 1. The minimum absolute atomic E-state index is 0.0861. The number of aromatic nitrogens is 2. The van der Waals surface area contributed by atoms with Crippen molar-refractivity contribution in [3.63, 3.8) is 0 Å². The zero-order valence-corrected chi connectivity index (χ0v) is 18.6. The molecule has 6 rings (SSSR count). The molecule has 1 N–H and O–H groups in total. The van der Waals surface area contributed by atoms with Crippen molar-refractivity contribution < 1.29 is 22.7 Å². The average Bonchev–Trinajstić information content (AvgIpc) is 3.56. The second-order valence-corrected chi connectivity index (χ2v) is 11.0. The zero-order chi connectivity index (χ0) is 22.6. The summed E-state index contributed by atoms with van der Waals surface area (Å²) in [6.07, 6.45) is 2.56. The SMILES string of the molecule is O=C(c1cc(-c2ccc3c(c2)OCO3)n[nH]1)N1C2CCC1CC(S(=O)(=O)c1ccccc1)C2. The van der Waals surface area contributed by atoms with Gasteiger partial charge in [0.05, 0.1) is 15.8 Å². The molecule has 0 aliphatic carbocycles. The Morgan fingerprint density at radius 2 is 1.70 bits per heavy atom. The summed E-state index contributed by atoms with van der Waals surface area (Å²) in [5.41, 5.74) is 1.87. The number of nitrogens with zero attached hydrogens (tertiary/aromatic N) is 2. The molecule has 9 heteroatoms. The van der Waals surface area contributed by atoms with Crippen LogP contribution in [0.2, 0.25) is 0 Å². The molecule has 0 saturated carbocycles. The van der Waals surface area contributed by atoms with Crippen molar-refractivity contribution >= 4 is 15.7 Å². The molecule has 0 radical (unpaired) electrons. The molecule has 0 spiro atoms. The summed E-state index contributed by atoms with van der Waals surface area (Å²) in [6, 6.07) is 15.7. The summed E-state index contributed by atoms with van der Waals surface area (Å²) in [5, 5.41) is 6.74. The molecule has 3 aliphatic rings. The normalized spacial score (nSPS) is 23.6. The predicted octanol–water partition coefficient (Wildman–Crippen LogP) is 3.41. The number of sulfone groups is 1. The number of carbonyl (C=O) groups excluding carboxylic acids is 1. The topological polar surface area (TPSA) is 102 Å². The summed E-state index contributed by atoms with van der Waals surface area (Å²) >= 11 is 0. The number of fused-ring (bicyclic) bond motifs is 3. The van der Waals surface area contributed by atoms with Crippen LogP contribution >= 0.6 is 0 Å². The van der Waals surface area contributed by atoms with Crippen molar-refractivity contribution in [1.29, 1.82) is 0 Å². The van der Waals surface area contributed by atoms with Gasteiger partial charge >= 0.3 is 0 Å². The number of benzene rings is 2. The third-order valence-corrected chi connectivity index (χ3v) is 9.10. The molecule has 2 unspecified atom stereocenters. The number of carbonyl (C=O) groups is 1. The van der Waals surface area contributed by atoms with E-state index in [1.54, 1.807) is 30.3 Å². The van der Waals surface area contributed by atoms with Gasteiger partial charge < -0.3 is 14.4 Å². The van der Waals surface area contributed by atoms with E-state index in [0.717, 1.165) is 18.4 Å². The molecule has 1 amide bonds. The summed E-state index contributed by atoms with van der Waals surface area (Å²) in [7, 11) is -3.42. The highest BCUT2D eigenvalue weighted by molar-refractivity contribution is 7.92. The van der Waals surface area contributed by atoms with Crippen LogP contribution in [0.25, 0.3) is 11.3 Å². The van der Waals surface area contributed by atoms with E-state index in [1.165, 1.54) is 0 Å². The van der Waals surface area contributed by atoms with Gasteiger partial charge in [0.1, 0.15) is 5.69 Å². The average molecular weight is 466 g/mol. The Kier molecular flexibility index (Phi) is 4.69. The van der Waals surface area contributed by atoms with Gasteiger partial charge in [-0.25, -0.2) is 8.42 Å². The molecule has 1 aromatic heterocycles. The Balaban J connectivity index is 1.21. The van der Waals surface area contributed by atoms with Crippen LogP contribution in [-0.4, -0.2) is 53.5 Å². The lowest BCUT2D eigenvalue weighted by molar-refractivity contribution is 0.0592. The second-order valence-electron chi connectivity index (χ2n) is 8.78. The number of amides is 1. The summed E-state index contributed by atoms with van der Waals surface area (Å²) in [6.45, 7) is 0.196. The lowest BCUT2D eigenvalue weighted by Gasteiger charge is -2.38. The fraction of sp³-hybridized carbons (Fsp3) is 0.333. The van der Waals surface area contributed by atoms with Gasteiger partial charge in [0.2, 0.25) is 6.79 Å². The summed E-state index contributed by atoms with van der Waals surface area (Å²) < 4.78 is 37.1. The van der Waals surface area contributed by atoms with Crippen LogP contribution < -0.4 is 9.47 Å². The molecule has 170 valence electrons. The van der Waals surface area contributed by atoms with Crippen LogP contribution in [-0.2, 0) is 9.84 Å². The van der Waals surface area contributed by atoms with Crippen molar-refractivity contribution in [3.8, 4) is 22.8 Å². The predicted molar refractivity (Wildman–Crippen MR) is 120 cm³/mol. The van der Waals surface area contributed by atoms with Crippen molar-refractivity contribution in [1.82, 2.24) is 15.1 Å². The molecule has 2 fully saturated rings. The molecule has 2 bridgehead atoms. The van der Waals surface area contributed by atoms with Gasteiger partial charge in [-0.1, -0.05) is 18.2 Å². The highest BCUT2D eigenvalue weighted by atomic mass is 32.2. The maximum Gasteiger partial charge on any atom is 0.272 e. The highest BCUT2D eigenvalue weighted by Crippen LogP contribution is 2.41. The minimum atomic E-state index is -3.42. The smallest absolute Gasteiger partial charge is 0.272 e. The summed E-state index contributed by atoms with van der Waals surface area (Å²) in [5.74, 6) is 1.22. The first-order valence-electron chi connectivity index (χ1n) is 11.1. The van der Waals surface area contributed by atoms with Gasteiger partial charge in [-0.3, -0.25) is 9.89 Å². The van der Waals surface area contributed by atoms with Crippen LogP contribution in [0.5, 0.6) is 11.5 Å². The van der Waals surface area contributed by atoms with E-state index in [1.807, 2.05) is 29.2 Å². The van der Waals surface area contributed by atoms with Gasteiger partial charge in [0.25, 0.3) is 5.91 Å². The van der Waals surface area contributed by atoms with Gasteiger partial charge in [0.15, 0.2) is 21.3 Å². The number of aromatic amines is 1. The Morgan fingerprint density at radius 1 is 0.970 bits per heavy atom. The first-order chi connectivity index (χ1) is 16.0. The Morgan fingerprint density at radius 3 is 2.45 bits per heavy atom. The number of H-pyrrole nitrogens is 1. The lowest BCUT2D eigenvalue weighted by Crippen LogP contribution is -2.49. The second kappa shape index (κ2) is 7.62. The number of rotatable bonds is 4. The highest BCUT2D eigenvalue weighted by Gasteiger charge is 2.47. The van der Waals surface area contributed by atoms with Crippen LogP contribution in [0.4, 0.5) is 0 Å². The number of nitrogens with one attached hydrogen (secondary N) is 1. The van der Waals surface area contributed by atoms with E-state index in [2.05, 4.69) is 10.2 Å². The molecule has 2 saturated heterocycles. The Labute approximate surface area is 191 Å². The van der Waals surface area contributed by atoms with E-state index in [4.69, 9.17) is 9.47 Å². The first kappa shape index (κ1) is 20.3. The maximum atomic E-state index is 13.4. The van der Waals surface area contributed by atoms with Crippen molar-refractivity contribution in [2.24, 2.45) is 0 Å². The van der Waals surface area contributed by atoms with Gasteiger partial charge in [-0.15, -0.1) is 0 Å². The quantitative estimate of drug-likeness (QED) is 0.634. The lowest BCUT2D eigenvalue weighted by atomic mass is 10.0. The van der Waals surface area contributed by atoms with Crippen molar-refractivity contribution in [2.45, 2.75) is 47.9 Å². The van der Waals surface area contributed by atoms with Crippen molar-refractivity contribution in [3.05, 3.63) is 60.3 Å². The zero-order valence-electron chi connectivity index (χ0n) is 17.8. The minimum Gasteiger partial charge on any atom is -0.454 e. The van der Waals surface area contributed by atoms with E-state index in [0.29, 0.717) is 40.6 Å². The molecule has 2 aromatic carbocycles. The first-order valence-corrected chi connectivity index (χ1v) is 12.6. The third-order valence-electron chi connectivity index (χ3n) is 6.91. The fourth-order valence-electron chi connectivity index (χ4n) is 5.29. The monoisotopic (exact) mass is 465 g/mol. The van der Waals surface area contributed by atoms with Gasteiger partial charge in [-0.2, -0.15) is 5.10 Å². The van der Waals surface area contributed by atoms with E-state index in [9.17, 15) is 13.2 Å². The molecular formula is C24H23N3O5S. The maximum absolute atomic E-state index is 13.4. The van der Waals surface area contributed by atoms with Crippen LogP contribution in [0.3, 0.4) is 0 Å². The van der Waals surface area contributed by atoms with Gasteiger partial charge in [-0.05, 0) is 62.1 Å². The van der Waals surface area contributed by atoms with Crippen LogP contribution in [0.1, 0.15) is 36.2 Å². The molecule has 8 nitrogen and oxygen atoms in total. The number of piperidine rings is 1. The molecule has 33 heavy (non-hydrogen) atoms. The number of ether oxygens (including phenoxy) is 2. The van der Waals surface area contributed by atoms with E-state index >= 15 is 0 Å². The largest absolute Gasteiger partial charge is 0.454 e. The van der Waals surface area contributed by atoms with Crippen LogP contribution in [0, 0.1) is 0 Å². The van der Waals surface area contributed by atoms with E-state index in [-0.39, 0.29) is 24.8 Å². The Bertz CT molecular complexity index is 1310. The molecule has 3 aliphatic heterocycles. The van der Waals surface area contributed by atoms with E-state index < -0.39 is 15.1 Å². The number of hydrogen-bond acceptors (Lipinski definition) is 6. The van der Waals surface area contributed by atoms with Gasteiger partial charge in [0, 0.05) is 17.6 Å². The molecular weight excluding hydrogens is 442 g/mol. The van der Waals surface area contributed by atoms with Crippen molar-refractivity contribution in [2.75, 3.05) is 6.79 Å². The Hall–Kier alpha value is -3.33.